The molecule has 0 aromatic carbocycles. The number of unbranched alkanes of at least 4 members (excludes halogenated alkanes) is 4. The van der Waals surface area contributed by atoms with E-state index >= 15 is 0 Å². The van der Waals surface area contributed by atoms with Crippen molar-refractivity contribution in [2.24, 2.45) is 0 Å². The van der Waals surface area contributed by atoms with Crippen molar-refractivity contribution in [1.82, 2.24) is 0 Å². The summed E-state index contributed by atoms with van der Waals surface area (Å²) in [5.41, 5.74) is 0. The minimum absolute atomic E-state index is 0.0379. The maximum absolute atomic E-state index is 8.69. The second kappa shape index (κ2) is 8.97. The minimum Gasteiger partial charge on any atom is -0.396 e. The summed E-state index contributed by atoms with van der Waals surface area (Å²) in [5, 5.41) is 8.69. The lowest BCUT2D eigenvalue weighted by molar-refractivity contribution is -0.0644. The van der Waals surface area contributed by atoms with E-state index in [2.05, 4.69) is 6.92 Å². The number of aliphatic hydroxyl groups is 1. The van der Waals surface area contributed by atoms with E-state index in [4.69, 9.17) is 14.6 Å². The van der Waals surface area contributed by atoms with E-state index < -0.39 is 0 Å². The summed E-state index contributed by atoms with van der Waals surface area (Å²) >= 11 is 0. The molecular formula is C13H26O3. The molecule has 0 amide bonds. The van der Waals surface area contributed by atoms with Gasteiger partial charge in [0.05, 0.1) is 12.7 Å². The van der Waals surface area contributed by atoms with Crippen molar-refractivity contribution in [3.63, 3.8) is 0 Å². The first-order valence-corrected chi connectivity index (χ1v) is 6.74. The largest absolute Gasteiger partial charge is 0.396 e. The van der Waals surface area contributed by atoms with Crippen LogP contribution >= 0.6 is 0 Å². The van der Waals surface area contributed by atoms with E-state index in [9.17, 15) is 0 Å². The van der Waals surface area contributed by atoms with Crippen LogP contribution in [0, 0.1) is 0 Å². The number of hydrogen-bond donors (Lipinski definition) is 1. The van der Waals surface area contributed by atoms with E-state index in [0.717, 1.165) is 32.3 Å². The van der Waals surface area contributed by atoms with Gasteiger partial charge in [-0.15, -0.1) is 0 Å². The van der Waals surface area contributed by atoms with Crippen LogP contribution in [0.5, 0.6) is 0 Å². The van der Waals surface area contributed by atoms with Gasteiger partial charge in [-0.1, -0.05) is 26.2 Å². The molecule has 1 saturated heterocycles. The maximum atomic E-state index is 8.69. The topological polar surface area (TPSA) is 38.7 Å². The van der Waals surface area contributed by atoms with Gasteiger partial charge in [-0.3, -0.25) is 0 Å². The second-order valence-corrected chi connectivity index (χ2v) is 4.59. The van der Waals surface area contributed by atoms with E-state index in [-0.39, 0.29) is 19.0 Å². The Morgan fingerprint density at radius 1 is 1.06 bits per heavy atom. The Hall–Kier alpha value is -0.120. The summed E-state index contributed by atoms with van der Waals surface area (Å²) in [5.74, 6) is 0. The molecule has 0 saturated carbocycles. The average Bonchev–Trinajstić information content (AvgIpc) is 2.73. The molecule has 1 aliphatic rings. The Labute approximate surface area is 99.1 Å². The van der Waals surface area contributed by atoms with Crippen LogP contribution in [0.25, 0.3) is 0 Å². The van der Waals surface area contributed by atoms with Gasteiger partial charge < -0.3 is 14.6 Å². The molecule has 1 aliphatic heterocycles. The predicted octanol–water partition coefficient (Wildman–Crippen LogP) is 2.86. The van der Waals surface area contributed by atoms with Crippen LogP contribution in [0.2, 0.25) is 0 Å². The summed E-state index contributed by atoms with van der Waals surface area (Å²) in [6.07, 6.45) is 9.36. The van der Waals surface area contributed by atoms with Gasteiger partial charge in [0.1, 0.15) is 0 Å². The molecule has 3 nitrogen and oxygen atoms in total. The lowest BCUT2D eigenvalue weighted by atomic mass is 10.1. The van der Waals surface area contributed by atoms with Crippen LogP contribution in [0.15, 0.2) is 0 Å². The molecule has 1 N–H and O–H groups in total. The van der Waals surface area contributed by atoms with E-state index in [1.54, 1.807) is 0 Å². The summed E-state index contributed by atoms with van der Waals surface area (Å²) in [6.45, 7) is 3.25. The second-order valence-electron chi connectivity index (χ2n) is 4.59. The van der Waals surface area contributed by atoms with Gasteiger partial charge in [0.2, 0.25) is 0 Å². The predicted molar refractivity (Wildman–Crippen MR) is 64.3 cm³/mol. The van der Waals surface area contributed by atoms with E-state index in [0.29, 0.717) is 0 Å². The molecule has 16 heavy (non-hydrogen) atoms. The number of ether oxygens (including phenoxy) is 2. The molecule has 2 atom stereocenters. The zero-order valence-corrected chi connectivity index (χ0v) is 10.5. The molecule has 96 valence electrons. The maximum Gasteiger partial charge on any atom is 0.158 e. The van der Waals surface area contributed by atoms with Crippen molar-refractivity contribution in [2.45, 2.75) is 70.7 Å². The van der Waals surface area contributed by atoms with Crippen LogP contribution in [0.1, 0.15) is 58.3 Å². The SMILES string of the molecule is CCCCCC[C@H]1OC[C@@H](CCCCO)O1. The fourth-order valence-corrected chi connectivity index (χ4v) is 2.03. The molecule has 0 bridgehead atoms. The van der Waals surface area contributed by atoms with Crippen LogP contribution in [-0.2, 0) is 9.47 Å². The summed E-state index contributed by atoms with van der Waals surface area (Å²) in [6, 6.07) is 0. The van der Waals surface area contributed by atoms with Crippen molar-refractivity contribution in [1.29, 1.82) is 0 Å². The standard InChI is InChI=1S/C13H26O3/c1-2-3-4-5-9-13-15-11-12(16-13)8-6-7-10-14/h12-14H,2-11H2,1H3/t12-,13+/m1/s1. The molecule has 1 heterocycles. The van der Waals surface area contributed by atoms with Crippen molar-refractivity contribution in [3.05, 3.63) is 0 Å². The lowest BCUT2D eigenvalue weighted by Gasteiger charge is -2.10. The molecular weight excluding hydrogens is 204 g/mol. The van der Waals surface area contributed by atoms with Crippen LogP contribution in [0.3, 0.4) is 0 Å². The number of hydrogen-bond acceptors (Lipinski definition) is 3. The van der Waals surface area contributed by atoms with Crippen molar-refractivity contribution < 1.29 is 14.6 Å². The van der Waals surface area contributed by atoms with Crippen molar-refractivity contribution in [2.75, 3.05) is 13.2 Å². The molecule has 0 radical (unpaired) electrons. The normalized spacial score (nSPS) is 25.1. The minimum atomic E-state index is 0.0379. The van der Waals surface area contributed by atoms with Gasteiger partial charge in [-0.2, -0.15) is 0 Å². The Bertz CT molecular complexity index is 161. The Morgan fingerprint density at radius 3 is 2.62 bits per heavy atom. The van der Waals surface area contributed by atoms with Gasteiger partial charge in [-0.05, 0) is 32.1 Å². The van der Waals surface area contributed by atoms with Gasteiger partial charge in [0.25, 0.3) is 0 Å². The number of aliphatic hydroxyl groups excluding tert-OH is 1. The molecule has 1 fully saturated rings. The summed E-state index contributed by atoms with van der Waals surface area (Å²) < 4.78 is 11.4. The highest BCUT2D eigenvalue weighted by Gasteiger charge is 2.24. The van der Waals surface area contributed by atoms with Crippen molar-refractivity contribution >= 4 is 0 Å². The molecule has 0 aromatic heterocycles. The van der Waals surface area contributed by atoms with Crippen LogP contribution < -0.4 is 0 Å². The zero-order chi connectivity index (χ0) is 11.6. The first kappa shape index (κ1) is 13.9. The molecule has 0 aliphatic carbocycles. The van der Waals surface area contributed by atoms with Crippen LogP contribution in [0.4, 0.5) is 0 Å². The molecule has 3 heteroatoms. The number of rotatable bonds is 9. The van der Waals surface area contributed by atoms with Crippen molar-refractivity contribution in [3.8, 4) is 0 Å². The Kier molecular flexibility index (Phi) is 7.81. The first-order valence-electron chi connectivity index (χ1n) is 6.74. The Balaban J connectivity index is 1.97. The Morgan fingerprint density at radius 2 is 1.88 bits per heavy atom. The quantitative estimate of drug-likeness (QED) is 0.619. The molecule has 1 rings (SSSR count). The van der Waals surface area contributed by atoms with Gasteiger partial charge in [0.15, 0.2) is 6.29 Å². The fourth-order valence-electron chi connectivity index (χ4n) is 2.03. The molecule has 0 spiro atoms. The third kappa shape index (κ3) is 5.83. The summed E-state index contributed by atoms with van der Waals surface area (Å²) in [7, 11) is 0. The van der Waals surface area contributed by atoms with Gasteiger partial charge in [0, 0.05) is 6.61 Å². The smallest absolute Gasteiger partial charge is 0.158 e. The third-order valence-electron chi connectivity index (χ3n) is 3.04. The van der Waals surface area contributed by atoms with E-state index in [1.165, 1.54) is 25.7 Å². The van der Waals surface area contributed by atoms with Gasteiger partial charge >= 0.3 is 0 Å². The molecule has 0 unspecified atom stereocenters. The fraction of sp³-hybridized carbons (Fsp3) is 1.00. The highest BCUT2D eigenvalue weighted by molar-refractivity contribution is 4.65. The lowest BCUT2D eigenvalue weighted by Crippen LogP contribution is -2.12. The first-order chi connectivity index (χ1) is 7.86. The zero-order valence-electron chi connectivity index (χ0n) is 10.5. The summed E-state index contributed by atoms with van der Waals surface area (Å²) in [4.78, 5) is 0. The monoisotopic (exact) mass is 230 g/mol. The molecule has 0 aromatic rings. The van der Waals surface area contributed by atoms with Crippen LogP contribution in [-0.4, -0.2) is 30.7 Å². The average molecular weight is 230 g/mol. The third-order valence-corrected chi connectivity index (χ3v) is 3.04. The highest BCUT2D eigenvalue weighted by atomic mass is 16.7. The highest BCUT2D eigenvalue weighted by Crippen LogP contribution is 2.20. The van der Waals surface area contributed by atoms with E-state index in [1.807, 2.05) is 0 Å². The van der Waals surface area contributed by atoms with Gasteiger partial charge in [-0.25, -0.2) is 0 Å².